The minimum absolute atomic E-state index is 0.0463. The molecule has 0 spiro atoms. The fourth-order valence-corrected chi connectivity index (χ4v) is 4.60. The molecular formula is C17H24N2O4S. The second kappa shape index (κ2) is 6.13. The summed E-state index contributed by atoms with van der Waals surface area (Å²) in [7, 11) is 0. The predicted molar refractivity (Wildman–Crippen MR) is 95.0 cm³/mol. The predicted octanol–water partition coefficient (Wildman–Crippen LogP) is 2.04. The van der Waals surface area contributed by atoms with Crippen molar-refractivity contribution in [3.63, 3.8) is 0 Å². The van der Waals surface area contributed by atoms with Gasteiger partial charge in [0.15, 0.2) is 0 Å². The Labute approximate surface area is 144 Å². The standard InChI is InChI=1S/C17H24N2O4S/c1-10(2)19-15-13(14(21)18(16(19)22)6-5-7-20)11-8-17(3,4)23-9-12(11)24-15/h10,20H,5-9H2,1-4H3. The van der Waals surface area contributed by atoms with Crippen LogP contribution in [0.15, 0.2) is 9.59 Å². The van der Waals surface area contributed by atoms with Gasteiger partial charge in [0.25, 0.3) is 5.56 Å². The van der Waals surface area contributed by atoms with Crippen molar-refractivity contribution in [2.75, 3.05) is 6.61 Å². The summed E-state index contributed by atoms with van der Waals surface area (Å²) in [6, 6.07) is -0.0463. The molecular weight excluding hydrogens is 328 g/mol. The van der Waals surface area contributed by atoms with Crippen molar-refractivity contribution in [1.29, 1.82) is 0 Å². The van der Waals surface area contributed by atoms with Gasteiger partial charge in [-0.15, -0.1) is 11.3 Å². The highest BCUT2D eigenvalue weighted by atomic mass is 32.1. The lowest BCUT2D eigenvalue weighted by Crippen LogP contribution is -2.41. The van der Waals surface area contributed by atoms with E-state index >= 15 is 0 Å². The number of hydrogen-bond donors (Lipinski definition) is 1. The Kier molecular flexibility index (Phi) is 4.44. The van der Waals surface area contributed by atoms with Gasteiger partial charge in [-0.2, -0.15) is 0 Å². The molecule has 132 valence electrons. The van der Waals surface area contributed by atoms with Crippen molar-refractivity contribution in [3.05, 3.63) is 31.3 Å². The van der Waals surface area contributed by atoms with E-state index in [1.807, 2.05) is 27.7 Å². The maximum atomic E-state index is 13.0. The minimum atomic E-state index is -0.317. The first kappa shape index (κ1) is 17.4. The summed E-state index contributed by atoms with van der Waals surface area (Å²) in [5, 5.41) is 9.73. The number of nitrogens with zero attached hydrogens (tertiary/aromatic N) is 2. The topological polar surface area (TPSA) is 73.5 Å². The van der Waals surface area contributed by atoms with Crippen LogP contribution in [0.2, 0.25) is 0 Å². The van der Waals surface area contributed by atoms with E-state index in [0.717, 1.165) is 15.3 Å². The first-order chi connectivity index (χ1) is 11.3. The van der Waals surface area contributed by atoms with Crippen molar-refractivity contribution in [2.45, 2.75) is 65.3 Å². The van der Waals surface area contributed by atoms with E-state index < -0.39 is 0 Å². The molecule has 0 fully saturated rings. The summed E-state index contributed by atoms with van der Waals surface area (Å²) in [5.41, 5.74) is 0.163. The average Bonchev–Trinajstić information content (AvgIpc) is 2.83. The number of rotatable bonds is 4. The Bertz CT molecular complexity index is 889. The highest BCUT2D eigenvalue weighted by Crippen LogP contribution is 2.37. The molecule has 0 radical (unpaired) electrons. The molecule has 6 nitrogen and oxygen atoms in total. The zero-order valence-corrected chi connectivity index (χ0v) is 15.4. The van der Waals surface area contributed by atoms with Crippen LogP contribution in [0.3, 0.4) is 0 Å². The van der Waals surface area contributed by atoms with Crippen LogP contribution in [-0.4, -0.2) is 26.4 Å². The Morgan fingerprint density at radius 2 is 2.04 bits per heavy atom. The molecule has 7 heteroatoms. The van der Waals surface area contributed by atoms with E-state index in [9.17, 15) is 9.59 Å². The van der Waals surface area contributed by atoms with Crippen LogP contribution in [0.5, 0.6) is 0 Å². The number of thiophene rings is 1. The van der Waals surface area contributed by atoms with Crippen LogP contribution >= 0.6 is 11.3 Å². The molecule has 1 aliphatic rings. The van der Waals surface area contributed by atoms with Gasteiger partial charge >= 0.3 is 5.69 Å². The number of ether oxygens (including phenoxy) is 1. The summed E-state index contributed by atoms with van der Waals surface area (Å²) in [6.07, 6.45) is 1.05. The molecule has 3 heterocycles. The number of aromatic nitrogens is 2. The molecule has 0 saturated heterocycles. The van der Waals surface area contributed by atoms with Crippen LogP contribution in [0.4, 0.5) is 0 Å². The second-order valence-electron chi connectivity index (χ2n) is 7.19. The quantitative estimate of drug-likeness (QED) is 0.914. The summed E-state index contributed by atoms with van der Waals surface area (Å²) in [4.78, 5) is 27.6. The van der Waals surface area contributed by atoms with E-state index in [1.54, 1.807) is 4.57 Å². The maximum absolute atomic E-state index is 13.0. The molecule has 1 N–H and O–H groups in total. The fourth-order valence-electron chi connectivity index (χ4n) is 3.25. The lowest BCUT2D eigenvalue weighted by molar-refractivity contribution is -0.0379. The van der Waals surface area contributed by atoms with Crippen LogP contribution in [0, 0.1) is 0 Å². The molecule has 3 rings (SSSR count). The van der Waals surface area contributed by atoms with Gasteiger partial charge in [0.1, 0.15) is 4.83 Å². The smallest absolute Gasteiger partial charge is 0.332 e. The number of fused-ring (bicyclic) bond motifs is 3. The van der Waals surface area contributed by atoms with Crippen LogP contribution in [-0.2, 0) is 24.3 Å². The minimum Gasteiger partial charge on any atom is -0.396 e. The van der Waals surface area contributed by atoms with Crippen molar-refractivity contribution in [2.24, 2.45) is 0 Å². The molecule has 24 heavy (non-hydrogen) atoms. The van der Waals surface area contributed by atoms with Crippen molar-refractivity contribution >= 4 is 21.6 Å². The largest absolute Gasteiger partial charge is 0.396 e. The molecule has 0 bridgehead atoms. The molecule has 0 unspecified atom stereocenters. The molecule has 1 aliphatic heterocycles. The zero-order valence-electron chi connectivity index (χ0n) is 14.6. The highest BCUT2D eigenvalue weighted by molar-refractivity contribution is 7.18. The van der Waals surface area contributed by atoms with Gasteiger partial charge in [0.05, 0.1) is 17.6 Å². The Morgan fingerprint density at radius 3 is 2.67 bits per heavy atom. The van der Waals surface area contributed by atoms with Crippen LogP contribution in [0.1, 0.15) is 50.6 Å². The lowest BCUT2D eigenvalue weighted by atomic mass is 9.94. The average molecular weight is 352 g/mol. The Hall–Kier alpha value is -1.44. The van der Waals surface area contributed by atoms with Crippen LogP contribution in [0.25, 0.3) is 10.2 Å². The molecule has 0 saturated carbocycles. The van der Waals surface area contributed by atoms with Crippen molar-refractivity contribution in [1.82, 2.24) is 9.13 Å². The lowest BCUT2D eigenvalue weighted by Gasteiger charge is -2.29. The van der Waals surface area contributed by atoms with Gasteiger partial charge in [-0.1, -0.05) is 0 Å². The van der Waals surface area contributed by atoms with E-state index in [2.05, 4.69) is 0 Å². The monoisotopic (exact) mass is 352 g/mol. The van der Waals surface area contributed by atoms with Gasteiger partial charge in [-0.25, -0.2) is 4.79 Å². The Balaban J connectivity index is 2.36. The number of hydrogen-bond acceptors (Lipinski definition) is 5. The van der Waals surface area contributed by atoms with Crippen LogP contribution < -0.4 is 11.2 Å². The van der Waals surface area contributed by atoms with Gasteiger partial charge < -0.3 is 9.84 Å². The third-order valence-corrected chi connectivity index (χ3v) is 5.64. The maximum Gasteiger partial charge on any atom is 0.332 e. The highest BCUT2D eigenvalue weighted by Gasteiger charge is 2.32. The third kappa shape index (κ3) is 2.74. The van der Waals surface area contributed by atoms with Gasteiger partial charge in [-0.05, 0) is 39.7 Å². The van der Waals surface area contributed by atoms with Gasteiger partial charge in [0.2, 0.25) is 0 Å². The summed E-state index contributed by atoms with van der Waals surface area (Å²) in [6.45, 7) is 8.59. The number of aliphatic hydroxyl groups is 1. The van der Waals surface area contributed by atoms with Crippen molar-refractivity contribution in [3.8, 4) is 0 Å². The Morgan fingerprint density at radius 1 is 1.33 bits per heavy atom. The second-order valence-corrected chi connectivity index (χ2v) is 8.27. The first-order valence-corrected chi connectivity index (χ1v) is 9.13. The molecule has 0 aromatic carbocycles. The van der Waals surface area contributed by atoms with E-state index in [1.165, 1.54) is 15.9 Å². The number of aliphatic hydroxyl groups excluding tert-OH is 1. The molecule has 2 aromatic rings. The van der Waals surface area contributed by atoms with E-state index in [4.69, 9.17) is 9.84 Å². The van der Waals surface area contributed by atoms with Gasteiger partial charge in [-0.3, -0.25) is 13.9 Å². The summed E-state index contributed by atoms with van der Waals surface area (Å²) in [5.74, 6) is 0. The molecule has 0 amide bonds. The molecule has 0 atom stereocenters. The van der Waals surface area contributed by atoms with Gasteiger partial charge in [0, 0.05) is 30.5 Å². The van der Waals surface area contributed by atoms with E-state index in [-0.39, 0.29) is 36.0 Å². The summed E-state index contributed by atoms with van der Waals surface area (Å²) >= 11 is 1.49. The first-order valence-electron chi connectivity index (χ1n) is 8.31. The fraction of sp³-hybridized carbons (Fsp3) is 0.647. The van der Waals surface area contributed by atoms with E-state index in [0.29, 0.717) is 24.8 Å². The normalized spacial score (nSPS) is 16.8. The SMILES string of the molecule is CC(C)n1c(=O)n(CCCO)c(=O)c2c3c(sc21)COC(C)(C)C3. The van der Waals surface area contributed by atoms with Crippen molar-refractivity contribution < 1.29 is 9.84 Å². The third-order valence-electron chi connectivity index (χ3n) is 4.44. The summed E-state index contributed by atoms with van der Waals surface area (Å²) < 4.78 is 8.84. The zero-order chi connectivity index (χ0) is 17.6. The molecule has 2 aromatic heterocycles. The molecule has 0 aliphatic carbocycles.